The normalized spacial score (nSPS) is 12.3. The van der Waals surface area contributed by atoms with Crippen molar-refractivity contribution in [1.82, 2.24) is 5.32 Å². The van der Waals surface area contributed by atoms with E-state index in [0.717, 1.165) is 19.0 Å². The summed E-state index contributed by atoms with van der Waals surface area (Å²) in [6.45, 7) is 7.21. The van der Waals surface area contributed by atoms with Crippen LogP contribution in [0.15, 0.2) is 30.4 Å². The molecule has 1 aromatic rings. The third kappa shape index (κ3) is 5.41. The Balaban J connectivity index is 2.35. The van der Waals surface area contributed by atoms with E-state index in [0.29, 0.717) is 12.0 Å². The summed E-state index contributed by atoms with van der Waals surface area (Å²) in [7, 11) is 0. The van der Waals surface area contributed by atoms with E-state index in [2.05, 4.69) is 26.1 Å². The van der Waals surface area contributed by atoms with Gasteiger partial charge in [0.2, 0.25) is 0 Å². The van der Waals surface area contributed by atoms with Crippen molar-refractivity contribution >= 4 is 0 Å². The molecule has 0 aliphatic rings. The minimum Gasteiger partial charge on any atom is -0.312 e. The smallest absolute Gasteiger partial charge is 0.162 e. The maximum absolute atomic E-state index is 13.3. The molecule has 0 amide bonds. The van der Waals surface area contributed by atoms with Crippen LogP contribution in [0.3, 0.4) is 0 Å². The Labute approximate surface area is 108 Å². The van der Waals surface area contributed by atoms with Crippen molar-refractivity contribution in [3.05, 3.63) is 47.5 Å². The van der Waals surface area contributed by atoms with Crippen LogP contribution in [0.2, 0.25) is 0 Å². The van der Waals surface area contributed by atoms with Gasteiger partial charge in [-0.05, 0) is 51.8 Å². The second-order valence-corrected chi connectivity index (χ2v) is 5.35. The van der Waals surface area contributed by atoms with Crippen molar-refractivity contribution in [1.29, 1.82) is 0 Å². The molecule has 0 atom stereocenters. The molecule has 1 nitrogen and oxygen atoms in total. The van der Waals surface area contributed by atoms with Gasteiger partial charge in [0.15, 0.2) is 11.6 Å². The van der Waals surface area contributed by atoms with E-state index in [1.165, 1.54) is 6.07 Å². The molecule has 1 rings (SSSR count). The number of hydrogen-bond donors (Lipinski definition) is 1. The van der Waals surface area contributed by atoms with Gasteiger partial charge in [0.05, 0.1) is 0 Å². The van der Waals surface area contributed by atoms with E-state index in [1.807, 2.05) is 12.2 Å². The van der Waals surface area contributed by atoms with Crippen LogP contribution >= 0.6 is 0 Å². The van der Waals surface area contributed by atoms with E-state index >= 15 is 0 Å². The first kappa shape index (κ1) is 14.8. The van der Waals surface area contributed by atoms with Crippen LogP contribution in [0.1, 0.15) is 32.8 Å². The summed E-state index contributed by atoms with van der Waals surface area (Å²) >= 11 is 0. The summed E-state index contributed by atoms with van der Waals surface area (Å²) in [5, 5.41) is 3.36. The van der Waals surface area contributed by atoms with Crippen molar-refractivity contribution < 1.29 is 8.78 Å². The zero-order valence-electron chi connectivity index (χ0n) is 11.3. The molecule has 0 aliphatic heterocycles. The number of nitrogens with one attached hydrogen (secondary N) is 1. The first-order chi connectivity index (χ1) is 8.40. The maximum atomic E-state index is 13.3. The average Bonchev–Trinajstić information content (AvgIpc) is 2.27. The highest BCUT2D eigenvalue weighted by Gasteiger charge is 2.07. The highest BCUT2D eigenvalue weighted by Crippen LogP contribution is 2.12. The number of allylic oxidation sites excluding steroid dienone is 1. The van der Waals surface area contributed by atoms with E-state index in [4.69, 9.17) is 0 Å². The van der Waals surface area contributed by atoms with Crippen LogP contribution in [0, 0.1) is 11.6 Å². The molecule has 0 bridgehead atoms. The van der Waals surface area contributed by atoms with Gasteiger partial charge < -0.3 is 5.32 Å². The fourth-order valence-electron chi connectivity index (χ4n) is 1.56. The first-order valence-corrected chi connectivity index (χ1v) is 6.23. The molecule has 0 aliphatic carbocycles. The molecule has 0 fully saturated rings. The maximum Gasteiger partial charge on any atom is 0.162 e. The SMILES string of the molecule is CC(C)(C)NCCC=CCc1cccc(F)c1F. The van der Waals surface area contributed by atoms with Crippen LogP contribution in [-0.2, 0) is 6.42 Å². The minimum atomic E-state index is -0.782. The summed E-state index contributed by atoms with van der Waals surface area (Å²) in [5.74, 6) is -1.52. The van der Waals surface area contributed by atoms with Gasteiger partial charge in [-0.3, -0.25) is 0 Å². The van der Waals surface area contributed by atoms with Crippen molar-refractivity contribution in [2.45, 2.75) is 39.2 Å². The summed E-state index contributed by atoms with van der Waals surface area (Å²) in [6.07, 6.45) is 5.18. The van der Waals surface area contributed by atoms with E-state index < -0.39 is 11.6 Å². The van der Waals surface area contributed by atoms with Crippen molar-refractivity contribution in [2.24, 2.45) is 0 Å². The molecule has 0 saturated heterocycles. The van der Waals surface area contributed by atoms with Crippen molar-refractivity contribution in [2.75, 3.05) is 6.54 Å². The van der Waals surface area contributed by atoms with Gasteiger partial charge in [0, 0.05) is 5.54 Å². The van der Waals surface area contributed by atoms with Gasteiger partial charge in [-0.25, -0.2) is 8.78 Å². The monoisotopic (exact) mass is 253 g/mol. The fourth-order valence-corrected chi connectivity index (χ4v) is 1.56. The van der Waals surface area contributed by atoms with E-state index in [9.17, 15) is 8.78 Å². The topological polar surface area (TPSA) is 12.0 Å². The molecule has 0 saturated carbocycles. The molecular weight excluding hydrogens is 232 g/mol. The van der Waals surface area contributed by atoms with E-state index in [1.54, 1.807) is 6.07 Å². The first-order valence-electron chi connectivity index (χ1n) is 6.23. The Morgan fingerprint density at radius 2 is 1.89 bits per heavy atom. The lowest BCUT2D eigenvalue weighted by atomic mass is 10.1. The molecule has 1 N–H and O–H groups in total. The molecule has 0 heterocycles. The molecule has 100 valence electrons. The largest absolute Gasteiger partial charge is 0.312 e. The van der Waals surface area contributed by atoms with Gasteiger partial charge in [-0.15, -0.1) is 0 Å². The average molecular weight is 253 g/mol. The zero-order chi connectivity index (χ0) is 13.6. The number of benzene rings is 1. The van der Waals surface area contributed by atoms with Gasteiger partial charge in [0.25, 0.3) is 0 Å². The van der Waals surface area contributed by atoms with Gasteiger partial charge in [-0.2, -0.15) is 0 Å². The van der Waals surface area contributed by atoms with Crippen LogP contribution in [0.4, 0.5) is 8.78 Å². The lowest BCUT2D eigenvalue weighted by Crippen LogP contribution is -2.36. The summed E-state index contributed by atoms with van der Waals surface area (Å²) < 4.78 is 26.2. The molecule has 0 spiro atoms. The van der Waals surface area contributed by atoms with Crippen LogP contribution in [-0.4, -0.2) is 12.1 Å². The summed E-state index contributed by atoms with van der Waals surface area (Å²) in [6, 6.07) is 4.27. The standard InChI is InChI=1S/C15H21F2N/c1-15(2,3)18-11-6-4-5-8-12-9-7-10-13(16)14(12)17/h4-5,7,9-10,18H,6,8,11H2,1-3H3. The molecule has 0 unspecified atom stereocenters. The highest BCUT2D eigenvalue weighted by atomic mass is 19.2. The zero-order valence-corrected chi connectivity index (χ0v) is 11.3. The van der Waals surface area contributed by atoms with Crippen LogP contribution in [0.25, 0.3) is 0 Å². The molecular formula is C15H21F2N. The van der Waals surface area contributed by atoms with Gasteiger partial charge >= 0.3 is 0 Å². The lowest BCUT2D eigenvalue weighted by Gasteiger charge is -2.19. The Kier molecular flexibility index (Phi) is 5.48. The van der Waals surface area contributed by atoms with Crippen LogP contribution < -0.4 is 5.32 Å². The van der Waals surface area contributed by atoms with Gasteiger partial charge in [-0.1, -0.05) is 24.3 Å². The van der Waals surface area contributed by atoms with Crippen molar-refractivity contribution in [3.8, 4) is 0 Å². The summed E-state index contributed by atoms with van der Waals surface area (Å²) in [5.41, 5.74) is 0.512. The summed E-state index contributed by atoms with van der Waals surface area (Å²) in [4.78, 5) is 0. The lowest BCUT2D eigenvalue weighted by molar-refractivity contribution is 0.431. The third-order valence-electron chi connectivity index (χ3n) is 2.50. The number of rotatable bonds is 5. The van der Waals surface area contributed by atoms with E-state index in [-0.39, 0.29) is 5.54 Å². The van der Waals surface area contributed by atoms with Crippen LogP contribution in [0.5, 0.6) is 0 Å². The third-order valence-corrected chi connectivity index (χ3v) is 2.50. The number of hydrogen-bond acceptors (Lipinski definition) is 1. The Hall–Kier alpha value is -1.22. The number of halogens is 2. The molecule has 18 heavy (non-hydrogen) atoms. The predicted molar refractivity (Wildman–Crippen MR) is 71.6 cm³/mol. The second kappa shape index (κ2) is 6.64. The van der Waals surface area contributed by atoms with Gasteiger partial charge in [0.1, 0.15) is 0 Å². The predicted octanol–water partition coefficient (Wildman–Crippen LogP) is 3.84. The fraction of sp³-hybridized carbons (Fsp3) is 0.467. The Morgan fingerprint density at radius 1 is 1.17 bits per heavy atom. The molecule has 0 aromatic heterocycles. The Bertz CT molecular complexity index is 405. The Morgan fingerprint density at radius 3 is 2.56 bits per heavy atom. The quantitative estimate of drug-likeness (QED) is 0.621. The second-order valence-electron chi connectivity index (χ2n) is 5.35. The molecule has 1 aromatic carbocycles. The molecule has 3 heteroatoms. The highest BCUT2D eigenvalue weighted by molar-refractivity contribution is 5.21. The molecule has 0 radical (unpaired) electrons. The van der Waals surface area contributed by atoms with Crippen molar-refractivity contribution in [3.63, 3.8) is 0 Å². The minimum absolute atomic E-state index is 0.114.